The van der Waals surface area contributed by atoms with Crippen LogP contribution in [0.3, 0.4) is 0 Å². The number of anilines is 1. The first-order chi connectivity index (χ1) is 16.0. The first-order valence-electron chi connectivity index (χ1n) is 11.0. The molecule has 0 aliphatic carbocycles. The van der Waals surface area contributed by atoms with Crippen molar-refractivity contribution >= 4 is 17.6 Å². The predicted molar refractivity (Wildman–Crippen MR) is 121 cm³/mol. The number of aromatic nitrogens is 2. The van der Waals surface area contributed by atoms with Crippen LogP contribution in [-0.4, -0.2) is 58.1 Å². The van der Waals surface area contributed by atoms with E-state index in [-0.39, 0.29) is 17.8 Å². The fraction of sp³-hybridized carbons (Fsp3) is 0.333. The highest BCUT2D eigenvalue weighted by atomic mass is 19.1. The summed E-state index contributed by atoms with van der Waals surface area (Å²) < 4.78 is 18.3. The molecule has 4 rings (SSSR count). The fourth-order valence-corrected chi connectivity index (χ4v) is 3.71. The SMILES string of the molecule is Cc1cccc(NC(=O)N2CCN(C(=O)CCCc3nc(-c4ccc(F)cc4)no3)CC2)c1. The molecule has 1 N–H and O–H groups in total. The van der Waals surface area contributed by atoms with Crippen molar-refractivity contribution in [3.8, 4) is 11.4 Å². The number of urea groups is 1. The number of nitrogens with zero attached hydrogens (tertiary/aromatic N) is 4. The van der Waals surface area contributed by atoms with Crippen LogP contribution in [-0.2, 0) is 11.2 Å². The van der Waals surface area contributed by atoms with Crippen LogP contribution in [0.2, 0.25) is 0 Å². The van der Waals surface area contributed by atoms with Gasteiger partial charge in [-0.15, -0.1) is 0 Å². The molecule has 1 saturated heterocycles. The lowest BCUT2D eigenvalue weighted by Crippen LogP contribution is -2.51. The molecule has 2 aromatic carbocycles. The summed E-state index contributed by atoms with van der Waals surface area (Å²) in [6.07, 6.45) is 1.43. The van der Waals surface area contributed by atoms with E-state index < -0.39 is 0 Å². The van der Waals surface area contributed by atoms with Crippen molar-refractivity contribution in [1.82, 2.24) is 19.9 Å². The van der Waals surface area contributed by atoms with Crippen LogP contribution >= 0.6 is 0 Å². The van der Waals surface area contributed by atoms with Gasteiger partial charge in [0.15, 0.2) is 0 Å². The second-order valence-electron chi connectivity index (χ2n) is 8.04. The summed E-state index contributed by atoms with van der Waals surface area (Å²) in [5.41, 5.74) is 2.52. The molecule has 0 spiro atoms. The minimum absolute atomic E-state index is 0.0482. The Hall–Kier alpha value is -3.75. The topological polar surface area (TPSA) is 91.6 Å². The molecular formula is C24H26FN5O3. The van der Waals surface area contributed by atoms with Crippen molar-refractivity contribution in [1.29, 1.82) is 0 Å². The number of aryl methyl sites for hydroxylation is 2. The van der Waals surface area contributed by atoms with E-state index in [9.17, 15) is 14.0 Å². The molecule has 1 aliphatic rings. The van der Waals surface area contributed by atoms with Gasteiger partial charge in [-0.2, -0.15) is 4.98 Å². The fourth-order valence-electron chi connectivity index (χ4n) is 3.71. The van der Waals surface area contributed by atoms with Crippen LogP contribution in [0.1, 0.15) is 24.3 Å². The van der Waals surface area contributed by atoms with Crippen LogP contribution in [0.25, 0.3) is 11.4 Å². The first kappa shape index (κ1) is 22.4. The maximum atomic E-state index is 13.0. The third-order valence-corrected chi connectivity index (χ3v) is 5.54. The van der Waals surface area contributed by atoms with Crippen molar-refractivity contribution in [3.05, 3.63) is 65.8 Å². The van der Waals surface area contributed by atoms with Gasteiger partial charge in [0.05, 0.1) is 0 Å². The lowest BCUT2D eigenvalue weighted by molar-refractivity contribution is -0.132. The Balaban J connectivity index is 1.19. The van der Waals surface area contributed by atoms with Crippen LogP contribution in [0, 0.1) is 12.7 Å². The molecule has 172 valence electrons. The van der Waals surface area contributed by atoms with Crippen molar-refractivity contribution in [3.63, 3.8) is 0 Å². The zero-order chi connectivity index (χ0) is 23.2. The molecule has 33 heavy (non-hydrogen) atoms. The number of hydrogen-bond acceptors (Lipinski definition) is 5. The number of nitrogens with one attached hydrogen (secondary N) is 1. The van der Waals surface area contributed by atoms with E-state index in [2.05, 4.69) is 15.5 Å². The first-order valence-corrected chi connectivity index (χ1v) is 11.0. The number of halogens is 1. The van der Waals surface area contributed by atoms with Gasteiger partial charge in [-0.25, -0.2) is 9.18 Å². The highest BCUT2D eigenvalue weighted by Crippen LogP contribution is 2.17. The maximum absolute atomic E-state index is 13.0. The Morgan fingerprint density at radius 3 is 2.52 bits per heavy atom. The predicted octanol–water partition coefficient (Wildman–Crippen LogP) is 3.88. The van der Waals surface area contributed by atoms with Crippen LogP contribution in [0.4, 0.5) is 14.9 Å². The second-order valence-corrected chi connectivity index (χ2v) is 8.04. The number of piperazine rings is 1. The van der Waals surface area contributed by atoms with Gasteiger partial charge in [-0.05, 0) is 55.3 Å². The van der Waals surface area contributed by atoms with Gasteiger partial charge in [0.2, 0.25) is 17.6 Å². The molecule has 2 heterocycles. The van der Waals surface area contributed by atoms with E-state index in [0.29, 0.717) is 62.7 Å². The molecule has 1 aliphatic heterocycles. The van der Waals surface area contributed by atoms with Gasteiger partial charge in [0.1, 0.15) is 5.82 Å². The molecule has 9 heteroatoms. The summed E-state index contributed by atoms with van der Waals surface area (Å²) in [6.45, 7) is 3.98. The molecule has 3 amide bonds. The Bertz CT molecular complexity index is 1110. The summed E-state index contributed by atoms with van der Waals surface area (Å²) in [6, 6.07) is 13.4. The smallest absolute Gasteiger partial charge is 0.321 e. The number of rotatable bonds is 6. The van der Waals surface area contributed by atoms with Crippen LogP contribution in [0.15, 0.2) is 53.1 Å². The highest BCUT2D eigenvalue weighted by molar-refractivity contribution is 5.89. The summed E-state index contributed by atoms with van der Waals surface area (Å²) in [7, 11) is 0. The second kappa shape index (κ2) is 10.2. The van der Waals surface area contributed by atoms with Gasteiger partial charge in [-0.3, -0.25) is 4.79 Å². The third kappa shape index (κ3) is 5.94. The molecule has 1 fully saturated rings. The van der Waals surface area contributed by atoms with E-state index in [1.807, 2.05) is 31.2 Å². The van der Waals surface area contributed by atoms with E-state index in [4.69, 9.17) is 4.52 Å². The van der Waals surface area contributed by atoms with E-state index in [1.165, 1.54) is 12.1 Å². The number of hydrogen-bond donors (Lipinski definition) is 1. The largest absolute Gasteiger partial charge is 0.339 e. The lowest BCUT2D eigenvalue weighted by Gasteiger charge is -2.34. The molecule has 0 saturated carbocycles. The molecule has 8 nitrogen and oxygen atoms in total. The Labute approximate surface area is 191 Å². The zero-order valence-corrected chi connectivity index (χ0v) is 18.5. The van der Waals surface area contributed by atoms with Gasteiger partial charge in [0, 0.05) is 50.3 Å². The maximum Gasteiger partial charge on any atom is 0.321 e. The van der Waals surface area contributed by atoms with Crippen LogP contribution in [0.5, 0.6) is 0 Å². The van der Waals surface area contributed by atoms with Gasteiger partial charge < -0.3 is 19.6 Å². The molecule has 0 unspecified atom stereocenters. The van der Waals surface area contributed by atoms with Crippen molar-refractivity contribution in [2.75, 3.05) is 31.5 Å². The number of carbonyl (C=O) groups is 2. The molecule has 0 bridgehead atoms. The number of carbonyl (C=O) groups excluding carboxylic acids is 2. The Morgan fingerprint density at radius 2 is 1.79 bits per heavy atom. The monoisotopic (exact) mass is 451 g/mol. The molecule has 1 aromatic heterocycles. The summed E-state index contributed by atoms with van der Waals surface area (Å²) in [4.78, 5) is 32.9. The summed E-state index contributed by atoms with van der Waals surface area (Å²) in [5.74, 6) is 0.567. The van der Waals surface area contributed by atoms with Crippen molar-refractivity contribution in [2.24, 2.45) is 0 Å². The normalized spacial score (nSPS) is 13.8. The molecule has 0 radical (unpaired) electrons. The minimum Gasteiger partial charge on any atom is -0.339 e. The molecular weight excluding hydrogens is 425 g/mol. The average Bonchev–Trinajstić information content (AvgIpc) is 3.28. The van der Waals surface area contributed by atoms with Crippen molar-refractivity contribution < 1.29 is 18.5 Å². The van der Waals surface area contributed by atoms with Gasteiger partial charge in [0.25, 0.3) is 0 Å². The Morgan fingerprint density at radius 1 is 1.06 bits per heavy atom. The standard InChI is InChI=1S/C24H26FN5O3/c1-17-4-2-5-20(16-17)26-24(32)30-14-12-29(13-15-30)22(31)7-3-6-21-27-23(28-33-21)18-8-10-19(25)11-9-18/h2,4-5,8-11,16H,3,6-7,12-15H2,1H3,(H,26,32). The Kier molecular flexibility index (Phi) is 6.97. The number of benzene rings is 2. The summed E-state index contributed by atoms with van der Waals surface area (Å²) in [5, 5.41) is 6.82. The van der Waals surface area contributed by atoms with E-state index in [0.717, 1.165) is 11.3 Å². The molecule has 0 atom stereocenters. The van der Waals surface area contributed by atoms with Crippen molar-refractivity contribution in [2.45, 2.75) is 26.2 Å². The van der Waals surface area contributed by atoms with Crippen LogP contribution < -0.4 is 5.32 Å². The minimum atomic E-state index is -0.325. The van der Waals surface area contributed by atoms with E-state index in [1.54, 1.807) is 21.9 Å². The summed E-state index contributed by atoms with van der Waals surface area (Å²) >= 11 is 0. The third-order valence-electron chi connectivity index (χ3n) is 5.54. The lowest BCUT2D eigenvalue weighted by atomic mass is 10.2. The zero-order valence-electron chi connectivity index (χ0n) is 18.5. The van der Waals surface area contributed by atoms with E-state index >= 15 is 0 Å². The van der Waals surface area contributed by atoms with Gasteiger partial charge in [-0.1, -0.05) is 17.3 Å². The number of amides is 3. The quantitative estimate of drug-likeness (QED) is 0.614. The average molecular weight is 452 g/mol. The molecule has 3 aromatic rings. The van der Waals surface area contributed by atoms with Gasteiger partial charge >= 0.3 is 6.03 Å². The highest BCUT2D eigenvalue weighted by Gasteiger charge is 2.24.